The minimum absolute atomic E-state index is 0.0602. The van der Waals surface area contributed by atoms with Gasteiger partial charge in [-0.1, -0.05) is 22.0 Å². The lowest BCUT2D eigenvalue weighted by molar-refractivity contribution is -0.122. The highest BCUT2D eigenvalue weighted by molar-refractivity contribution is 9.08. The highest BCUT2D eigenvalue weighted by Gasteiger charge is 2.21. The fourth-order valence-corrected chi connectivity index (χ4v) is 2.56. The second kappa shape index (κ2) is 5.36. The summed E-state index contributed by atoms with van der Waals surface area (Å²) in [6.07, 6.45) is 1.72. The molecule has 110 valence electrons. The lowest BCUT2D eigenvalue weighted by Crippen LogP contribution is -2.34. The van der Waals surface area contributed by atoms with Gasteiger partial charge in [-0.05, 0) is 12.5 Å². The molecular weight excluding hydrogens is 338 g/mol. The van der Waals surface area contributed by atoms with Gasteiger partial charge in [0.2, 0.25) is 5.91 Å². The number of fused-ring (bicyclic) bond motifs is 1. The molecule has 21 heavy (non-hydrogen) atoms. The number of rotatable bonds is 3. The van der Waals surface area contributed by atoms with Crippen molar-refractivity contribution >= 4 is 27.7 Å². The summed E-state index contributed by atoms with van der Waals surface area (Å²) < 4.78 is 3.06. The number of carbonyl (C=O) groups is 1. The van der Waals surface area contributed by atoms with Gasteiger partial charge in [-0.15, -0.1) is 0 Å². The fraction of sp³-hybridized carbons (Fsp3) is 0.308. The van der Waals surface area contributed by atoms with Crippen LogP contribution in [0.25, 0.3) is 0 Å². The monoisotopic (exact) mass is 351 g/mol. The molecule has 1 amide bonds. The normalized spacial score (nSPS) is 13.7. The molecule has 1 aliphatic rings. The molecule has 0 saturated heterocycles. The van der Waals surface area contributed by atoms with Crippen LogP contribution < -0.4 is 16.3 Å². The summed E-state index contributed by atoms with van der Waals surface area (Å²) in [5, 5.41) is 7.81. The van der Waals surface area contributed by atoms with Gasteiger partial charge in [-0.3, -0.25) is 19.7 Å². The van der Waals surface area contributed by atoms with Crippen LogP contribution in [-0.2, 0) is 23.2 Å². The summed E-state index contributed by atoms with van der Waals surface area (Å²) in [7, 11) is 0. The van der Waals surface area contributed by atoms with Crippen molar-refractivity contribution in [1.29, 1.82) is 0 Å². The minimum atomic E-state index is -0.167. The maximum Gasteiger partial charge on any atom is 0.269 e. The molecule has 0 bridgehead atoms. The van der Waals surface area contributed by atoms with Gasteiger partial charge in [-0.25, -0.2) is 4.68 Å². The molecule has 0 fully saturated rings. The van der Waals surface area contributed by atoms with Gasteiger partial charge in [0.15, 0.2) is 5.82 Å². The van der Waals surface area contributed by atoms with E-state index in [0.29, 0.717) is 17.7 Å². The molecule has 2 aromatic heterocycles. The fourth-order valence-electron chi connectivity index (χ4n) is 2.23. The van der Waals surface area contributed by atoms with Crippen LogP contribution in [-0.4, -0.2) is 20.4 Å². The summed E-state index contributed by atoms with van der Waals surface area (Å²) in [6, 6.07) is 3.27. The average molecular weight is 352 g/mol. The van der Waals surface area contributed by atoms with E-state index in [0.717, 1.165) is 16.8 Å². The lowest BCUT2D eigenvalue weighted by Gasteiger charge is -2.14. The standard InChI is InChI=1S/C13H14BrN5O2/c1-8-10-5-15-11(20)7-18(10)16-13(8)17-19-6-9(4-14)2-3-12(19)21/h2-3,6H,4-5,7H2,1H3,(H,15,20)(H,16,17). The van der Waals surface area contributed by atoms with Gasteiger partial charge in [0.1, 0.15) is 6.54 Å². The van der Waals surface area contributed by atoms with E-state index in [2.05, 4.69) is 31.8 Å². The van der Waals surface area contributed by atoms with E-state index in [-0.39, 0.29) is 18.0 Å². The van der Waals surface area contributed by atoms with Gasteiger partial charge in [-0.2, -0.15) is 5.10 Å². The number of amides is 1. The van der Waals surface area contributed by atoms with Crippen LogP contribution in [0.4, 0.5) is 5.82 Å². The quantitative estimate of drug-likeness (QED) is 0.799. The van der Waals surface area contributed by atoms with Crippen molar-refractivity contribution in [1.82, 2.24) is 19.8 Å². The van der Waals surface area contributed by atoms with E-state index < -0.39 is 0 Å². The number of alkyl halides is 1. The lowest BCUT2D eigenvalue weighted by atomic mass is 10.2. The van der Waals surface area contributed by atoms with Crippen molar-refractivity contribution in [3.8, 4) is 0 Å². The van der Waals surface area contributed by atoms with E-state index in [1.165, 1.54) is 10.7 Å². The predicted molar refractivity (Wildman–Crippen MR) is 81.2 cm³/mol. The van der Waals surface area contributed by atoms with E-state index in [9.17, 15) is 9.59 Å². The zero-order valence-electron chi connectivity index (χ0n) is 11.4. The molecule has 0 aliphatic carbocycles. The van der Waals surface area contributed by atoms with Gasteiger partial charge < -0.3 is 5.32 Å². The van der Waals surface area contributed by atoms with Crippen LogP contribution in [0.1, 0.15) is 16.8 Å². The molecule has 0 unspecified atom stereocenters. The Morgan fingerprint density at radius 1 is 1.43 bits per heavy atom. The molecule has 0 aromatic carbocycles. The van der Waals surface area contributed by atoms with E-state index in [1.807, 2.05) is 6.92 Å². The maximum atomic E-state index is 11.9. The molecule has 3 rings (SSSR count). The highest BCUT2D eigenvalue weighted by atomic mass is 79.9. The number of carbonyl (C=O) groups excluding carboxylic acids is 1. The largest absolute Gasteiger partial charge is 0.349 e. The summed E-state index contributed by atoms with van der Waals surface area (Å²) in [6.45, 7) is 2.57. The zero-order chi connectivity index (χ0) is 15.0. The molecule has 2 aromatic rings. The molecule has 0 atom stereocenters. The first kappa shape index (κ1) is 13.9. The first-order valence-corrected chi connectivity index (χ1v) is 7.58. The first-order valence-electron chi connectivity index (χ1n) is 6.46. The minimum Gasteiger partial charge on any atom is -0.349 e. The molecule has 7 nitrogen and oxygen atoms in total. The Labute approximate surface area is 129 Å². The van der Waals surface area contributed by atoms with Crippen LogP contribution in [0.5, 0.6) is 0 Å². The van der Waals surface area contributed by atoms with Crippen molar-refractivity contribution in [2.24, 2.45) is 0 Å². The van der Waals surface area contributed by atoms with Crippen LogP contribution in [0.15, 0.2) is 23.1 Å². The van der Waals surface area contributed by atoms with Gasteiger partial charge >= 0.3 is 0 Å². The Bertz CT molecular complexity index is 764. The zero-order valence-corrected chi connectivity index (χ0v) is 13.0. The summed E-state index contributed by atoms with van der Waals surface area (Å²) in [5.74, 6) is 0.519. The van der Waals surface area contributed by atoms with E-state index in [1.54, 1.807) is 16.9 Å². The summed E-state index contributed by atoms with van der Waals surface area (Å²) >= 11 is 3.36. The Hall–Kier alpha value is -2.09. The summed E-state index contributed by atoms with van der Waals surface area (Å²) in [5.41, 5.74) is 5.67. The number of hydrogen-bond acceptors (Lipinski definition) is 4. The van der Waals surface area contributed by atoms with Gasteiger partial charge in [0.05, 0.1) is 12.2 Å². The van der Waals surface area contributed by atoms with Crippen molar-refractivity contribution in [2.45, 2.75) is 25.3 Å². The Morgan fingerprint density at radius 3 is 3.00 bits per heavy atom. The number of nitrogens with one attached hydrogen (secondary N) is 2. The van der Waals surface area contributed by atoms with Gasteiger partial charge in [0, 0.05) is 23.2 Å². The van der Waals surface area contributed by atoms with Gasteiger partial charge in [0.25, 0.3) is 5.56 Å². The van der Waals surface area contributed by atoms with E-state index >= 15 is 0 Å². The van der Waals surface area contributed by atoms with Crippen molar-refractivity contribution < 1.29 is 4.79 Å². The predicted octanol–water partition coefficient (Wildman–Crippen LogP) is 0.753. The molecule has 0 spiro atoms. The second-order valence-corrected chi connectivity index (χ2v) is 5.41. The van der Waals surface area contributed by atoms with E-state index in [4.69, 9.17) is 0 Å². The van der Waals surface area contributed by atoms with Crippen molar-refractivity contribution in [3.05, 3.63) is 45.5 Å². The summed E-state index contributed by atoms with van der Waals surface area (Å²) in [4.78, 5) is 23.3. The number of aromatic nitrogens is 3. The number of hydrogen-bond donors (Lipinski definition) is 2. The first-order chi connectivity index (χ1) is 10.1. The molecular formula is C13H14BrN5O2. The molecule has 8 heteroatoms. The number of pyridine rings is 1. The SMILES string of the molecule is Cc1c(Nn2cc(CBr)ccc2=O)nn2c1CNC(=O)C2. The Morgan fingerprint density at radius 2 is 2.24 bits per heavy atom. The topological polar surface area (TPSA) is 81.0 Å². The molecule has 2 N–H and O–H groups in total. The molecule has 1 aliphatic heterocycles. The van der Waals surface area contributed by atoms with Crippen LogP contribution in [0.3, 0.4) is 0 Å². The van der Waals surface area contributed by atoms with Crippen LogP contribution >= 0.6 is 15.9 Å². The van der Waals surface area contributed by atoms with Crippen molar-refractivity contribution in [3.63, 3.8) is 0 Å². The average Bonchev–Trinajstić information content (AvgIpc) is 2.77. The third-order valence-electron chi connectivity index (χ3n) is 3.42. The Kier molecular flexibility index (Phi) is 3.54. The van der Waals surface area contributed by atoms with Crippen LogP contribution in [0, 0.1) is 6.92 Å². The number of nitrogens with zero attached hydrogens (tertiary/aromatic N) is 3. The molecule has 0 radical (unpaired) electrons. The third-order valence-corrected chi connectivity index (χ3v) is 4.07. The highest BCUT2D eigenvalue weighted by Crippen LogP contribution is 2.20. The maximum absolute atomic E-state index is 11.9. The van der Waals surface area contributed by atoms with Crippen LogP contribution in [0.2, 0.25) is 0 Å². The molecule has 3 heterocycles. The Balaban J connectivity index is 1.96. The number of halogens is 1. The third kappa shape index (κ3) is 2.58. The van der Waals surface area contributed by atoms with Crippen molar-refractivity contribution in [2.75, 3.05) is 5.43 Å². The molecule has 0 saturated carbocycles. The number of anilines is 1. The smallest absolute Gasteiger partial charge is 0.269 e. The second-order valence-electron chi connectivity index (χ2n) is 4.85.